The molecule has 0 radical (unpaired) electrons. The molecule has 1 aromatic heterocycles. The molecule has 8 nitrogen and oxygen atoms in total. The van der Waals surface area contributed by atoms with E-state index in [2.05, 4.69) is 10.3 Å². The minimum Gasteiger partial charge on any atom is -0.493 e. The van der Waals surface area contributed by atoms with Crippen molar-refractivity contribution < 1.29 is 19.0 Å². The SMILES string of the molecule is COCCNC(=O)CCCn1cnc2cc(OC)c(OC)cc2c1=O. The average molecular weight is 349 g/mol. The number of methoxy groups -OCH3 is 3. The van der Waals surface area contributed by atoms with Crippen LogP contribution in [0.25, 0.3) is 10.9 Å². The number of rotatable bonds is 9. The fraction of sp³-hybridized carbons (Fsp3) is 0.471. The van der Waals surface area contributed by atoms with Crippen molar-refractivity contribution in [3.05, 3.63) is 28.8 Å². The number of benzene rings is 1. The van der Waals surface area contributed by atoms with Crippen molar-refractivity contribution in [1.29, 1.82) is 0 Å². The van der Waals surface area contributed by atoms with Crippen LogP contribution in [-0.4, -0.2) is 49.9 Å². The van der Waals surface area contributed by atoms with Crippen molar-refractivity contribution in [2.24, 2.45) is 0 Å². The van der Waals surface area contributed by atoms with E-state index in [9.17, 15) is 9.59 Å². The standard InChI is InChI=1S/C17H23N3O5/c1-23-8-6-18-16(21)5-4-7-20-11-19-13-10-15(25-3)14(24-2)9-12(13)17(20)22/h9-11H,4-8H2,1-3H3,(H,18,21). The van der Waals surface area contributed by atoms with Gasteiger partial charge in [0.25, 0.3) is 5.56 Å². The van der Waals surface area contributed by atoms with Gasteiger partial charge in [0.2, 0.25) is 5.91 Å². The highest BCUT2D eigenvalue weighted by atomic mass is 16.5. The zero-order chi connectivity index (χ0) is 18.2. The fourth-order valence-electron chi connectivity index (χ4n) is 2.44. The Balaban J connectivity index is 2.08. The topological polar surface area (TPSA) is 91.7 Å². The van der Waals surface area contributed by atoms with Crippen molar-refractivity contribution in [1.82, 2.24) is 14.9 Å². The lowest BCUT2D eigenvalue weighted by molar-refractivity contribution is -0.121. The third-order valence-electron chi connectivity index (χ3n) is 3.76. The smallest absolute Gasteiger partial charge is 0.261 e. The first-order valence-corrected chi connectivity index (χ1v) is 7.97. The van der Waals surface area contributed by atoms with Crippen LogP contribution in [0.15, 0.2) is 23.3 Å². The van der Waals surface area contributed by atoms with Gasteiger partial charge in [0.1, 0.15) is 0 Å². The molecule has 25 heavy (non-hydrogen) atoms. The van der Waals surface area contributed by atoms with E-state index < -0.39 is 0 Å². The maximum Gasteiger partial charge on any atom is 0.261 e. The first kappa shape index (κ1) is 18.7. The highest BCUT2D eigenvalue weighted by Gasteiger charge is 2.11. The number of nitrogens with one attached hydrogen (secondary N) is 1. The number of carbonyl (C=O) groups is 1. The number of amides is 1. The average Bonchev–Trinajstić information content (AvgIpc) is 2.63. The molecule has 2 rings (SSSR count). The van der Waals surface area contributed by atoms with E-state index >= 15 is 0 Å². The number of aromatic nitrogens is 2. The van der Waals surface area contributed by atoms with E-state index in [1.54, 1.807) is 19.2 Å². The van der Waals surface area contributed by atoms with E-state index in [0.29, 0.717) is 54.9 Å². The molecule has 1 amide bonds. The highest BCUT2D eigenvalue weighted by Crippen LogP contribution is 2.29. The summed E-state index contributed by atoms with van der Waals surface area (Å²) in [7, 11) is 4.62. The molecular formula is C17H23N3O5. The van der Waals surface area contributed by atoms with Crippen molar-refractivity contribution in [3.8, 4) is 11.5 Å². The Morgan fingerprint density at radius 2 is 1.92 bits per heavy atom. The zero-order valence-corrected chi connectivity index (χ0v) is 14.7. The number of ether oxygens (including phenoxy) is 3. The van der Waals surface area contributed by atoms with Crippen LogP contribution >= 0.6 is 0 Å². The lowest BCUT2D eigenvalue weighted by Gasteiger charge is -2.10. The Kier molecular flexibility index (Phi) is 6.76. The van der Waals surface area contributed by atoms with E-state index in [4.69, 9.17) is 14.2 Å². The van der Waals surface area contributed by atoms with Gasteiger partial charge in [-0.1, -0.05) is 0 Å². The molecule has 0 atom stereocenters. The van der Waals surface area contributed by atoms with Gasteiger partial charge in [0, 0.05) is 32.7 Å². The number of fused-ring (bicyclic) bond motifs is 1. The predicted octanol–water partition coefficient (Wildman–Crippen LogP) is 0.956. The summed E-state index contributed by atoms with van der Waals surface area (Å²) in [6.07, 6.45) is 2.36. The van der Waals surface area contributed by atoms with Crippen LogP contribution in [0.4, 0.5) is 0 Å². The second-order valence-electron chi connectivity index (χ2n) is 5.41. The van der Waals surface area contributed by atoms with Crippen LogP contribution < -0.4 is 20.3 Å². The molecule has 0 saturated carbocycles. The Bertz CT molecular complexity index is 788. The van der Waals surface area contributed by atoms with E-state index in [1.165, 1.54) is 25.1 Å². The van der Waals surface area contributed by atoms with Crippen LogP contribution in [0.1, 0.15) is 12.8 Å². The molecule has 136 valence electrons. The molecule has 0 unspecified atom stereocenters. The molecular weight excluding hydrogens is 326 g/mol. The van der Waals surface area contributed by atoms with Gasteiger partial charge in [-0.3, -0.25) is 14.2 Å². The quantitative estimate of drug-likeness (QED) is 0.678. The lowest BCUT2D eigenvalue weighted by atomic mass is 10.2. The van der Waals surface area contributed by atoms with Gasteiger partial charge in [-0.25, -0.2) is 4.98 Å². The summed E-state index contributed by atoms with van der Waals surface area (Å²) in [4.78, 5) is 28.5. The van der Waals surface area contributed by atoms with Crippen LogP contribution in [0.2, 0.25) is 0 Å². The number of carbonyl (C=O) groups excluding carboxylic acids is 1. The Labute approximate surface area is 145 Å². The number of nitrogens with zero attached hydrogens (tertiary/aromatic N) is 2. The molecule has 0 bridgehead atoms. The molecule has 0 spiro atoms. The largest absolute Gasteiger partial charge is 0.493 e. The third kappa shape index (κ3) is 4.69. The van der Waals surface area contributed by atoms with Gasteiger partial charge >= 0.3 is 0 Å². The van der Waals surface area contributed by atoms with Crippen LogP contribution in [-0.2, 0) is 16.1 Å². The minimum absolute atomic E-state index is 0.0646. The van der Waals surface area contributed by atoms with E-state index in [0.717, 1.165) is 0 Å². The van der Waals surface area contributed by atoms with E-state index in [-0.39, 0.29) is 11.5 Å². The number of hydrogen-bond donors (Lipinski definition) is 1. The molecule has 2 aromatic rings. The molecule has 0 aliphatic rings. The van der Waals surface area contributed by atoms with Crippen LogP contribution in [0.5, 0.6) is 11.5 Å². The Hall–Kier alpha value is -2.61. The summed E-state index contributed by atoms with van der Waals surface area (Å²) in [6.45, 7) is 1.37. The lowest BCUT2D eigenvalue weighted by Crippen LogP contribution is -2.27. The van der Waals surface area contributed by atoms with Gasteiger partial charge in [0.05, 0.1) is 38.1 Å². The van der Waals surface area contributed by atoms with E-state index in [1.807, 2.05) is 0 Å². The maximum absolute atomic E-state index is 12.6. The van der Waals surface area contributed by atoms with Crippen molar-refractivity contribution in [3.63, 3.8) is 0 Å². The number of hydrogen-bond acceptors (Lipinski definition) is 6. The Morgan fingerprint density at radius 1 is 1.20 bits per heavy atom. The molecule has 0 aliphatic carbocycles. The zero-order valence-electron chi connectivity index (χ0n) is 14.7. The van der Waals surface area contributed by atoms with Gasteiger partial charge in [0.15, 0.2) is 11.5 Å². The first-order chi connectivity index (χ1) is 12.1. The Morgan fingerprint density at radius 3 is 2.60 bits per heavy atom. The number of aryl methyl sites for hydroxylation is 1. The monoisotopic (exact) mass is 349 g/mol. The summed E-state index contributed by atoms with van der Waals surface area (Å²) >= 11 is 0. The van der Waals surface area contributed by atoms with Gasteiger partial charge < -0.3 is 19.5 Å². The summed E-state index contributed by atoms with van der Waals surface area (Å²) in [5.41, 5.74) is 0.363. The van der Waals surface area contributed by atoms with Crippen molar-refractivity contribution >= 4 is 16.8 Å². The summed E-state index contributed by atoms with van der Waals surface area (Å²) in [5.74, 6) is 0.932. The van der Waals surface area contributed by atoms with Gasteiger partial charge in [-0.05, 0) is 12.5 Å². The second kappa shape index (κ2) is 9.03. The van der Waals surface area contributed by atoms with Gasteiger partial charge in [-0.2, -0.15) is 0 Å². The van der Waals surface area contributed by atoms with Crippen molar-refractivity contribution in [2.75, 3.05) is 34.5 Å². The fourth-order valence-corrected chi connectivity index (χ4v) is 2.44. The normalized spacial score (nSPS) is 10.7. The minimum atomic E-state index is -0.175. The summed E-state index contributed by atoms with van der Waals surface area (Å²) in [6, 6.07) is 3.29. The van der Waals surface area contributed by atoms with Crippen LogP contribution in [0.3, 0.4) is 0 Å². The summed E-state index contributed by atoms with van der Waals surface area (Å²) in [5, 5.41) is 3.19. The summed E-state index contributed by atoms with van der Waals surface area (Å²) < 4.78 is 16.8. The van der Waals surface area contributed by atoms with Crippen LogP contribution in [0, 0.1) is 0 Å². The maximum atomic E-state index is 12.6. The molecule has 1 N–H and O–H groups in total. The third-order valence-corrected chi connectivity index (χ3v) is 3.76. The predicted molar refractivity (Wildman–Crippen MR) is 93.2 cm³/mol. The molecule has 0 fully saturated rings. The molecule has 1 heterocycles. The highest BCUT2D eigenvalue weighted by molar-refractivity contribution is 5.81. The van der Waals surface area contributed by atoms with Gasteiger partial charge in [-0.15, -0.1) is 0 Å². The molecule has 1 aromatic carbocycles. The molecule has 0 saturated heterocycles. The first-order valence-electron chi connectivity index (χ1n) is 7.97. The molecule has 8 heteroatoms. The van der Waals surface area contributed by atoms with Crippen molar-refractivity contribution in [2.45, 2.75) is 19.4 Å². The second-order valence-corrected chi connectivity index (χ2v) is 5.41. The molecule has 0 aliphatic heterocycles.